The molecule has 0 aliphatic carbocycles. The van der Waals surface area contributed by atoms with Crippen LogP contribution in [0.15, 0.2) is 41.3 Å². The van der Waals surface area contributed by atoms with Gasteiger partial charge in [0, 0.05) is 6.04 Å². The van der Waals surface area contributed by atoms with E-state index >= 15 is 0 Å². The molecule has 0 saturated carbocycles. The third-order valence-corrected chi connectivity index (χ3v) is 4.45. The van der Waals surface area contributed by atoms with Gasteiger partial charge in [0.25, 0.3) is 11.5 Å². The normalized spacial score (nSPS) is 17.3. The lowest BCUT2D eigenvalue weighted by Gasteiger charge is -2.19. The molecule has 1 unspecified atom stereocenters. The van der Waals surface area contributed by atoms with Gasteiger partial charge < -0.3 is 5.32 Å². The van der Waals surface area contributed by atoms with Crippen molar-refractivity contribution in [3.63, 3.8) is 0 Å². The van der Waals surface area contributed by atoms with Crippen molar-refractivity contribution in [1.82, 2.24) is 24.6 Å². The molecule has 9 heteroatoms. The molecule has 1 saturated heterocycles. The molecule has 2 amide bonds. The Balaban J connectivity index is 1.71. The van der Waals surface area contributed by atoms with Gasteiger partial charge in [0.2, 0.25) is 11.9 Å². The van der Waals surface area contributed by atoms with Crippen LogP contribution in [0.3, 0.4) is 0 Å². The maximum absolute atomic E-state index is 12.5. The first-order valence-electron chi connectivity index (χ1n) is 8.61. The first-order valence-corrected chi connectivity index (χ1v) is 8.61. The number of likely N-dealkylation sites (tertiary alicyclic amines) is 1. The fraction of sp³-hybridized carbons (Fsp3) is 0.278. The van der Waals surface area contributed by atoms with Crippen molar-refractivity contribution in [2.75, 3.05) is 5.32 Å². The second-order valence-corrected chi connectivity index (χ2v) is 6.64. The number of carbonyl (C=O) groups excluding carboxylic acids is 2. The number of rotatable bonds is 4. The molecule has 1 atom stereocenters. The minimum Gasteiger partial charge on any atom is -0.343 e. The van der Waals surface area contributed by atoms with Crippen molar-refractivity contribution in [1.29, 1.82) is 0 Å². The van der Waals surface area contributed by atoms with Gasteiger partial charge in [0.1, 0.15) is 11.4 Å². The highest BCUT2D eigenvalue weighted by molar-refractivity contribution is 6.07. The molecule has 3 aromatic rings. The Morgan fingerprint density at radius 2 is 1.93 bits per heavy atom. The number of aromatic nitrogens is 4. The first-order chi connectivity index (χ1) is 13.0. The zero-order valence-electron chi connectivity index (χ0n) is 14.8. The monoisotopic (exact) mass is 366 g/mol. The number of fused-ring (bicyclic) bond motifs is 1. The van der Waals surface area contributed by atoms with Crippen molar-refractivity contribution in [2.24, 2.45) is 0 Å². The molecule has 9 nitrogen and oxygen atoms in total. The number of carbonyl (C=O) groups is 2. The Morgan fingerprint density at radius 1 is 1.19 bits per heavy atom. The molecule has 1 aromatic carbocycles. The molecule has 0 spiro atoms. The molecule has 1 aliphatic rings. The average Bonchev–Trinajstić information content (AvgIpc) is 3.17. The summed E-state index contributed by atoms with van der Waals surface area (Å²) in [5.74, 6) is -0.443. The highest BCUT2D eigenvalue weighted by Crippen LogP contribution is 2.20. The van der Waals surface area contributed by atoms with E-state index in [2.05, 4.69) is 20.4 Å². The van der Waals surface area contributed by atoms with Gasteiger partial charge in [-0.05, 0) is 26.0 Å². The number of imide groups is 1. The number of H-pyrrole nitrogens is 1. The summed E-state index contributed by atoms with van der Waals surface area (Å²) >= 11 is 0. The zero-order valence-corrected chi connectivity index (χ0v) is 14.8. The van der Waals surface area contributed by atoms with Gasteiger partial charge in [-0.25, -0.2) is 4.68 Å². The Kier molecular flexibility index (Phi) is 3.98. The van der Waals surface area contributed by atoms with E-state index < -0.39 is 6.04 Å². The summed E-state index contributed by atoms with van der Waals surface area (Å²) in [5, 5.41) is 7.46. The Bertz CT molecular complexity index is 1090. The van der Waals surface area contributed by atoms with E-state index in [0.717, 1.165) is 5.69 Å². The van der Waals surface area contributed by atoms with Crippen LogP contribution in [-0.2, 0) is 9.59 Å². The topological polar surface area (TPSA) is 113 Å². The Labute approximate surface area is 154 Å². The summed E-state index contributed by atoms with van der Waals surface area (Å²) in [4.78, 5) is 45.2. The van der Waals surface area contributed by atoms with E-state index in [1.165, 1.54) is 11.1 Å². The first kappa shape index (κ1) is 17.0. The Morgan fingerprint density at radius 3 is 2.59 bits per heavy atom. The van der Waals surface area contributed by atoms with Crippen LogP contribution in [0.25, 0.3) is 16.7 Å². The number of anilines is 1. The Hall–Kier alpha value is -3.49. The van der Waals surface area contributed by atoms with Gasteiger partial charge in [-0.3, -0.25) is 24.3 Å². The number of nitrogens with zero attached hydrogens (tertiary/aromatic N) is 4. The molecule has 0 radical (unpaired) electrons. The molecule has 3 heterocycles. The maximum Gasteiger partial charge on any atom is 0.263 e. The standard InChI is InChI=1S/C18H18N6O3/c1-10(2)23-14(25)8-13(17(23)27)20-18-21-15-12(16(26)22-18)9-19-24(15)11-6-4-3-5-7-11/h3-7,9-10,13H,8H2,1-2H3,(H2,20,21,22,26). The molecule has 1 fully saturated rings. The van der Waals surface area contributed by atoms with E-state index in [1.54, 1.807) is 18.5 Å². The quantitative estimate of drug-likeness (QED) is 0.668. The van der Waals surface area contributed by atoms with Crippen LogP contribution in [-0.4, -0.2) is 48.5 Å². The fourth-order valence-electron chi connectivity index (χ4n) is 3.22. The summed E-state index contributed by atoms with van der Waals surface area (Å²) in [6.45, 7) is 3.56. The van der Waals surface area contributed by atoms with Crippen LogP contribution in [0.5, 0.6) is 0 Å². The highest BCUT2D eigenvalue weighted by Gasteiger charge is 2.40. The van der Waals surface area contributed by atoms with E-state index in [9.17, 15) is 14.4 Å². The van der Waals surface area contributed by atoms with Crippen LogP contribution in [0.4, 0.5) is 5.95 Å². The van der Waals surface area contributed by atoms with Gasteiger partial charge in [-0.1, -0.05) is 18.2 Å². The lowest BCUT2D eigenvalue weighted by molar-refractivity contribution is -0.140. The fourth-order valence-corrected chi connectivity index (χ4v) is 3.22. The van der Waals surface area contributed by atoms with E-state index in [1.807, 2.05) is 30.3 Å². The third-order valence-electron chi connectivity index (χ3n) is 4.45. The van der Waals surface area contributed by atoms with Gasteiger partial charge in [-0.2, -0.15) is 10.1 Å². The minimum absolute atomic E-state index is 0.0245. The summed E-state index contributed by atoms with van der Waals surface area (Å²) < 4.78 is 1.55. The number of amides is 2. The number of hydrogen-bond donors (Lipinski definition) is 2. The largest absolute Gasteiger partial charge is 0.343 e. The zero-order chi connectivity index (χ0) is 19.1. The summed E-state index contributed by atoms with van der Waals surface area (Å²) in [5.41, 5.74) is 0.752. The number of hydrogen-bond acceptors (Lipinski definition) is 6. The number of para-hydroxylation sites is 1. The van der Waals surface area contributed by atoms with Crippen LogP contribution < -0.4 is 10.9 Å². The molecule has 2 aromatic heterocycles. The van der Waals surface area contributed by atoms with Crippen molar-refractivity contribution in [2.45, 2.75) is 32.4 Å². The van der Waals surface area contributed by atoms with Gasteiger partial charge >= 0.3 is 0 Å². The molecule has 2 N–H and O–H groups in total. The van der Waals surface area contributed by atoms with E-state index in [0.29, 0.717) is 11.0 Å². The van der Waals surface area contributed by atoms with Crippen molar-refractivity contribution >= 4 is 28.8 Å². The second-order valence-electron chi connectivity index (χ2n) is 6.64. The number of aromatic amines is 1. The smallest absolute Gasteiger partial charge is 0.263 e. The number of benzene rings is 1. The van der Waals surface area contributed by atoms with Crippen LogP contribution >= 0.6 is 0 Å². The van der Waals surface area contributed by atoms with Crippen molar-refractivity contribution < 1.29 is 9.59 Å². The highest BCUT2D eigenvalue weighted by atomic mass is 16.2. The lowest BCUT2D eigenvalue weighted by Crippen LogP contribution is -2.39. The maximum atomic E-state index is 12.5. The van der Waals surface area contributed by atoms with Crippen LogP contribution in [0.2, 0.25) is 0 Å². The molecule has 138 valence electrons. The summed E-state index contributed by atoms with van der Waals surface area (Å²) in [6, 6.07) is 8.33. The molecule has 4 rings (SSSR count). The third kappa shape index (κ3) is 2.86. The molecule has 27 heavy (non-hydrogen) atoms. The predicted octanol–water partition coefficient (Wildman–Crippen LogP) is 1.06. The number of nitrogens with one attached hydrogen (secondary N) is 2. The van der Waals surface area contributed by atoms with Gasteiger partial charge in [0.05, 0.1) is 18.3 Å². The molecular formula is C18H18N6O3. The second kappa shape index (κ2) is 6.35. The van der Waals surface area contributed by atoms with Crippen LogP contribution in [0, 0.1) is 0 Å². The average molecular weight is 366 g/mol. The molecular weight excluding hydrogens is 348 g/mol. The van der Waals surface area contributed by atoms with Gasteiger partial charge in [0.15, 0.2) is 5.65 Å². The van der Waals surface area contributed by atoms with Crippen molar-refractivity contribution in [3.05, 3.63) is 46.9 Å². The van der Waals surface area contributed by atoms with Crippen LogP contribution in [0.1, 0.15) is 20.3 Å². The molecule has 1 aliphatic heterocycles. The van der Waals surface area contributed by atoms with Gasteiger partial charge in [-0.15, -0.1) is 0 Å². The van der Waals surface area contributed by atoms with Crippen molar-refractivity contribution in [3.8, 4) is 5.69 Å². The summed E-state index contributed by atoms with van der Waals surface area (Å²) in [7, 11) is 0. The SMILES string of the molecule is CC(C)N1C(=O)CC(Nc2nc3c(cnn3-c3ccccc3)c(=O)[nH]2)C1=O. The van der Waals surface area contributed by atoms with E-state index in [-0.39, 0.29) is 35.8 Å². The predicted molar refractivity (Wildman–Crippen MR) is 98.5 cm³/mol. The molecule has 0 bridgehead atoms. The minimum atomic E-state index is -0.756. The van der Waals surface area contributed by atoms with E-state index in [4.69, 9.17) is 0 Å². The summed E-state index contributed by atoms with van der Waals surface area (Å²) in [6.07, 6.45) is 1.47. The lowest BCUT2D eigenvalue weighted by atomic mass is 10.2.